The molecule has 1 saturated heterocycles. The number of hydrogen-bond acceptors (Lipinski definition) is 3. The number of ether oxygens (including phenoxy) is 1. The minimum atomic E-state index is -0.0793. The summed E-state index contributed by atoms with van der Waals surface area (Å²) in [7, 11) is 0. The van der Waals surface area contributed by atoms with Gasteiger partial charge in [-0.1, -0.05) is 22.9 Å². The van der Waals surface area contributed by atoms with E-state index in [0.717, 1.165) is 31.6 Å². The van der Waals surface area contributed by atoms with E-state index in [2.05, 4.69) is 61.1 Å². The van der Waals surface area contributed by atoms with E-state index in [4.69, 9.17) is 10.5 Å². The molecule has 2 atom stereocenters. The Kier molecular flexibility index (Phi) is 5.01. The van der Waals surface area contributed by atoms with Gasteiger partial charge in [-0.2, -0.15) is 0 Å². The number of aryl methyl sites for hydroxylation is 2. The maximum absolute atomic E-state index is 6.14. The van der Waals surface area contributed by atoms with Crippen LogP contribution in [0.4, 0.5) is 5.69 Å². The first-order valence-electron chi connectivity index (χ1n) is 7.72. The molecule has 3 nitrogen and oxygen atoms in total. The highest BCUT2D eigenvalue weighted by molar-refractivity contribution is 9.10. The lowest BCUT2D eigenvalue weighted by Crippen LogP contribution is -2.55. The van der Waals surface area contributed by atoms with E-state index in [9.17, 15) is 0 Å². The van der Waals surface area contributed by atoms with E-state index < -0.39 is 0 Å². The molecular weight excluding hydrogens is 328 g/mol. The van der Waals surface area contributed by atoms with Crippen LogP contribution in [0.15, 0.2) is 16.6 Å². The summed E-state index contributed by atoms with van der Waals surface area (Å²) in [6.45, 7) is 10.0. The largest absolute Gasteiger partial charge is 0.378 e. The van der Waals surface area contributed by atoms with Gasteiger partial charge in [0.05, 0.1) is 11.1 Å². The molecule has 2 unspecified atom stereocenters. The summed E-state index contributed by atoms with van der Waals surface area (Å²) in [6, 6.07) is 4.38. The fraction of sp³-hybridized carbons (Fsp3) is 0.647. The number of rotatable bonds is 4. The smallest absolute Gasteiger partial charge is 0.0674 e. The molecule has 1 heterocycles. The SMILES string of the molecule is CCC1(C)CC(CN)(Nc2cc(C)c(Br)c(C)c2)CCO1. The molecule has 118 valence electrons. The van der Waals surface area contributed by atoms with Crippen molar-refractivity contribution < 1.29 is 4.74 Å². The molecule has 1 aromatic rings. The third-order valence-corrected chi connectivity index (χ3v) is 5.98. The minimum Gasteiger partial charge on any atom is -0.378 e. The fourth-order valence-corrected chi connectivity index (χ4v) is 3.46. The van der Waals surface area contributed by atoms with Gasteiger partial charge in [-0.3, -0.25) is 0 Å². The molecule has 3 N–H and O–H groups in total. The predicted octanol–water partition coefficient (Wildman–Crippen LogP) is 4.15. The predicted molar refractivity (Wildman–Crippen MR) is 92.9 cm³/mol. The van der Waals surface area contributed by atoms with E-state index in [1.807, 2.05) is 0 Å². The second-order valence-corrected chi connectivity index (χ2v) is 7.41. The Morgan fingerprint density at radius 1 is 1.33 bits per heavy atom. The van der Waals surface area contributed by atoms with Gasteiger partial charge in [0.2, 0.25) is 0 Å². The number of nitrogens with two attached hydrogens (primary N) is 1. The van der Waals surface area contributed by atoms with Crippen molar-refractivity contribution >= 4 is 21.6 Å². The highest BCUT2D eigenvalue weighted by atomic mass is 79.9. The summed E-state index contributed by atoms with van der Waals surface area (Å²) in [5.41, 5.74) is 9.63. The van der Waals surface area contributed by atoms with Crippen LogP contribution in [0.3, 0.4) is 0 Å². The van der Waals surface area contributed by atoms with E-state index in [0.29, 0.717) is 6.54 Å². The molecule has 0 aliphatic carbocycles. The van der Waals surface area contributed by atoms with Crippen molar-refractivity contribution in [1.82, 2.24) is 0 Å². The summed E-state index contributed by atoms with van der Waals surface area (Å²) in [5.74, 6) is 0. The van der Waals surface area contributed by atoms with Crippen molar-refractivity contribution in [1.29, 1.82) is 0 Å². The number of halogens is 1. The first-order valence-corrected chi connectivity index (χ1v) is 8.51. The first kappa shape index (κ1) is 16.8. The summed E-state index contributed by atoms with van der Waals surface area (Å²) in [5, 5.41) is 3.72. The lowest BCUT2D eigenvalue weighted by atomic mass is 9.79. The van der Waals surface area contributed by atoms with Gasteiger partial charge in [-0.25, -0.2) is 0 Å². The average molecular weight is 355 g/mol. The third-order valence-electron chi connectivity index (χ3n) is 4.73. The van der Waals surface area contributed by atoms with E-state index in [1.54, 1.807) is 0 Å². The molecule has 4 heteroatoms. The third kappa shape index (κ3) is 3.61. The zero-order chi connectivity index (χ0) is 15.7. The zero-order valence-corrected chi connectivity index (χ0v) is 15.1. The molecule has 0 spiro atoms. The van der Waals surface area contributed by atoms with Crippen LogP contribution >= 0.6 is 15.9 Å². The molecule has 1 aliphatic rings. The standard InChI is InChI=1S/C17H27BrN2O/c1-5-16(4)10-17(11-19,6-7-21-16)20-14-8-12(2)15(18)13(3)9-14/h8-9,20H,5-7,10-11,19H2,1-4H3. The molecule has 0 bridgehead atoms. The van der Waals surface area contributed by atoms with E-state index >= 15 is 0 Å². The molecule has 0 amide bonds. The molecule has 21 heavy (non-hydrogen) atoms. The zero-order valence-electron chi connectivity index (χ0n) is 13.6. The summed E-state index contributed by atoms with van der Waals surface area (Å²) in [6.07, 6.45) is 2.91. The van der Waals surface area contributed by atoms with Gasteiger partial charge in [0.25, 0.3) is 0 Å². The minimum absolute atomic E-state index is 0.0737. The maximum atomic E-state index is 6.14. The molecule has 1 aromatic carbocycles. The summed E-state index contributed by atoms with van der Waals surface area (Å²) >= 11 is 3.63. The van der Waals surface area contributed by atoms with Crippen molar-refractivity contribution in [2.24, 2.45) is 5.73 Å². The van der Waals surface area contributed by atoms with Crippen LogP contribution in [-0.2, 0) is 4.74 Å². The van der Waals surface area contributed by atoms with Crippen LogP contribution in [0.5, 0.6) is 0 Å². The van der Waals surface area contributed by atoms with Crippen LogP contribution < -0.4 is 11.1 Å². The highest BCUT2D eigenvalue weighted by Crippen LogP contribution is 2.37. The van der Waals surface area contributed by atoms with Gasteiger partial charge >= 0.3 is 0 Å². The van der Waals surface area contributed by atoms with Crippen LogP contribution in [0.25, 0.3) is 0 Å². The van der Waals surface area contributed by atoms with Gasteiger partial charge < -0.3 is 15.8 Å². The molecule has 1 fully saturated rings. The van der Waals surface area contributed by atoms with Crippen LogP contribution in [0.1, 0.15) is 44.2 Å². The molecule has 0 radical (unpaired) electrons. The van der Waals surface area contributed by atoms with Gasteiger partial charge in [-0.15, -0.1) is 0 Å². The average Bonchev–Trinajstić information content (AvgIpc) is 2.45. The Labute approximate surface area is 136 Å². The van der Waals surface area contributed by atoms with Crippen LogP contribution in [0.2, 0.25) is 0 Å². The summed E-state index contributed by atoms with van der Waals surface area (Å²) in [4.78, 5) is 0. The molecule has 2 rings (SSSR count). The molecule has 0 saturated carbocycles. The van der Waals surface area contributed by atoms with E-state index in [1.165, 1.54) is 15.6 Å². The Morgan fingerprint density at radius 3 is 2.48 bits per heavy atom. The highest BCUT2D eigenvalue weighted by Gasteiger charge is 2.41. The Morgan fingerprint density at radius 2 is 1.95 bits per heavy atom. The second-order valence-electron chi connectivity index (χ2n) is 6.61. The lowest BCUT2D eigenvalue weighted by Gasteiger charge is -2.46. The van der Waals surface area contributed by atoms with Crippen LogP contribution in [-0.4, -0.2) is 24.3 Å². The Bertz CT molecular complexity index is 497. The summed E-state index contributed by atoms with van der Waals surface area (Å²) < 4.78 is 7.15. The van der Waals surface area contributed by atoms with Crippen molar-refractivity contribution in [2.75, 3.05) is 18.5 Å². The topological polar surface area (TPSA) is 47.3 Å². The number of hydrogen-bond donors (Lipinski definition) is 2. The first-order chi connectivity index (χ1) is 9.83. The molecule has 1 aliphatic heterocycles. The quantitative estimate of drug-likeness (QED) is 0.853. The normalized spacial score (nSPS) is 29.4. The maximum Gasteiger partial charge on any atom is 0.0674 e. The molecule has 0 aromatic heterocycles. The van der Waals surface area contributed by atoms with Gasteiger partial charge in [-0.05, 0) is 56.9 Å². The van der Waals surface area contributed by atoms with Crippen molar-refractivity contribution in [2.45, 2.75) is 58.1 Å². The van der Waals surface area contributed by atoms with E-state index in [-0.39, 0.29) is 11.1 Å². The van der Waals surface area contributed by atoms with Crippen molar-refractivity contribution in [3.8, 4) is 0 Å². The van der Waals surface area contributed by atoms with Gasteiger partial charge in [0, 0.05) is 29.7 Å². The lowest BCUT2D eigenvalue weighted by molar-refractivity contribution is -0.0882. The number of benzene rings is 1. The number of anilines is 1. The van der Waals surface area contributed by atoms with Crippen molar-refractivity contribution in [3.63, 3.8) is 0 Å². The fourth-order valence-electron chi connectivity index (χ4n) is 3.23. The molecular formula is C17H27BrN2O. The Balaban J connectivity index is 2.26. The Hall–Kier alpha value is -0.580. The van der Waals surface area contributed by atoms with Crippen LogP contribution in [0, 0.1) is 13.8 Å². The van der Waals surface area contributed by atoms with Crippen molar-refractivity contribution in [3.05, 3.63) is 27.7 Å². The monoisotopic (exact) mass is 354 g/mol. The number of nitrogens with one attached hydrogen (secondary N) is 1. The van der Waals surface area contributed by atoms with Gasteiger partial charge in [0.1, 0.15) is 0 Å². The van der Waals surface area contributed by atoms with Gasteiger partial charge in [0.15, 0.2) is 0 Å². The second kappa shape index (κ2) is 6.27.